The van der Waals surface area contributed by atoms with Crippen molar-refractivity contribution < 1.29 is 19.1 Å². The number of halogens is 1. The van der Waals surface area contributed by atoms with Gasteiger partial charge in [-0.2, -0.15) is 0 Å². The lowest BCUT2D eigenvalue weighted by Crippen LogP contribution is -2.40. The van der Waals surface area contributed by atoms with E-state index in [1.807, 2.05) is 0 Å². The number of benzene rings is 1. The predicted molar refractivity (Wildman–Crippen MR) is 88.8 cm³/mol. The van der Waals surface area contributed by atoms with Crippen LogP contribution in [0.15, 0.2) is 30.5 Å². The lowest BCUT2D eigenvalue weighted by molar-refractivity contribution is -0.139. The van der Waals surface area contributed by atoms with Crippen LogP contribution in [-0.2, 0) is 11.3 Å². The fraction of sp³-hybridized carbons (Fsp3) is 0.444. The monoisotopic (exact) mass is 358 g/mol. The van der Waals surface area contributed by atoms with Crippen molar-refractivity contribution in [3.8, 4) is 0 Å². The van der Waals surface area contributed by atoms with Gasteiger partial charge >= 0.3 is 5.97 Å². The summed E-state index contributed by atoms with van der Waals surface area (Å²) < 4.78 is 14.8. The van der Waals surface area contributed by atoms with Crippen LogP contribution in [-0.4, -0.2) is 50.0 Å². The number of amides is 1. The van der Waals surface area contributed by atoms with Gasteiger partial charge in [0, 0.05) is 13.1 Å². The number of hydrogen-bond donors (Lipinski definition) is 1. The molecule has 26 heavy (non-hydrogen) atoms. The number of carboxylic acid groups (broad SMARTS) is 1. The first-order valence-corrected chi connectivity index (χ1v) is 8.63. The van der Waals surface area contributed by atoms with Crippen LogP contribution in [0.25, 0.3) is 0 Å². The minimum Gasteiger partial charge on any atom is -0.481 e. The van der Waals surface area contributed by atoms with E-state index in [0.717, 1.165) is 5.56 Å². The molecular weight excluding hydrogens is 339 g/mol. The molecular formula is C18H19FN4O3. The number of aromatic nitrogens is 3. The molecule has 1 unspecified atom stereocenters. The Morgan fingerprint density at radius 3 is 2.73 bits per heavy atom. The van der Waals surface area contributed by atoms with E-state index in [9.17, 15) is 14.0 Å². The van der Waals surface area contributed by atoms with Gasteiger partial charge in [0.15, 0.2) is 5.69 Å². The van der Waals surface area contributed by atoms with Gasteiger partial charge in [0.05, 0.1) is 18.7 Å². The van der Waals surface area contributed by atoms with Crippen LogP contribution in [0.5, 0.6) is 0 Å². The van der Waals surface area contributed by atoms with Crippen LogP contribution in [0.1, 0.15) is 35.3 Å². The first-order valence-electron chi connectivity index (χ1n) is 8.63. The number of carboxylic acids is 1. The van der Waals surface area contributed by atoms with Crippen molar-refractivity contribution in [2.24, 2.45) is 11.3 Å². The zero-order valence-corrected chi connectivity index (χ0v) is 14.1. The van der Waals surface area contributed by atoms with Crippen LogP contribution >= 0.6 is 0 Å². The van der Waals surface area contributed by atoms with Gasteiger partial charge in [-0.05, 0) is 42.4 Å². The number of likely N-dealkylation sites (tertiary alicyclic amines) is 1. The molecule has 2 aromatic rings. The van der Waals surface area contributed by atoms with Gasteiger partial charge in [-0.15, -0.1) is 5.10 Å². The lowest BCUT2D eigenvalue weighted by Gasteiger charge is -2.32. The molecule has 1 spiro atoms. The minimum atomic E-state index is -0.731. The zero-order chi connectivity index (χ0) is 18.3. The predicted octanol–water partition coefficient (Wildman–Crippen LogP) is 1.79. The Labute approximate surface area is 149 Å². The molecule has 0 radical (unpaired) electrons. The first kappa shape index (κ1) is 16.7. The Morgan fingerprint density at radius 2 is 2.08 bits per heavy atom. The Bertz CT molecular complexity index is 858. The molecule has 1 aromatic carbocycles. The van der Waals surface area contributed by atoms with E-state index in [4.69, 9.17) is 5.11 Å². The summed E-state index contributed by atoms with van der Waals surface area (Å²) in [6.45, 7) is 1.42. The molecule has 1 saturated heterocycles. The highest BCUT2D eigenvalue weighted by atomic mass is 19.1. The number of hydrogen-bond acceptors (Lipinski definition) is 4. The summed E-state index contributed by atoms with van der Waals surface area (Å²) >= 11 is 0. The van der Waals surface area contributed by atoms with Crippen molar-refractivity contribution in [2.45, 2.75) is 25.8 Å². The van der Waals surface area contributed by atoms with Crippen LogP contribution < -0.4 is 0 Å². The maximum atomic E-state index is 13.2. The summed E-state index contributed by atoms with van der Waals surface area (Å²) in [6, 6.07) is 6.20. The second kappa shape index (κ2) is 6.19. The Hall–Kier alpha value is -2.77. The van der Waals surface area contributed by atoms with Crippen LogP contribution in [0.3, 0.4) is 0 Å². The molecule has 1 saturated carbocycles. The van der Waals surface area contributed by atoms with Crippen LogP contribution in [0.2, 0.25) is 0 Å². The molecule has 4 rings (SSSR count). The third-order valence-corrected chi connectivity index (χ3v) is 5.53. The molecule has 2 fully saturated rings. The maximum Gasteiger partial charge on any atom is 0.307 e. The maximum absolute atomic E-state index is 13.2. The average molecular weight is 358 g/mol. The third-order valence-electron chi connectivity index (χ3n) is 5.53. The molecule has 136 valence electrons. The van der Waals surface area contributed by atoms with Gasteiger partial charge in [-0.3, -0.25) is 9.59 Å². The SMILES string of the molecule is O=C(O)C1CC12CCN(C(=O)c1cn(Cc3cccc(F)c3)nn1)CC2. The van der Waals surface area contributed by atoms with E-state index >= 15 is 0 Å². The molecule has 1 aliphatic heterocycles. The standard InChI is InChI=1S/C18H19FN4O3/c19-13-3-1-2-12(8-13)10-23-11-15(20-21-23)16(24)22-6-4-18(5-7-22)9-14(18)17(25)26/h1-3,8,11,14H,4-7,9-10H2,(H,25,26). The number of carbonyl (C=O) groups is 2. The number of carbonyl (C=O) groups excluding carboxylic acids is 1. The summed E-state index contributed by atoms with van der Waals surface area (Å²) in [6.07, 6.45) is 3.71. The fourth-order valence-electron chi connectivity index (χ4n) is 3.86. The number of nitrogens with zero attached hydrogens (tertiary/aromatic N) is 4. The minimum absolute atomic E-state index is 0.113. The Morgan fingerprint density at radius 1 is 1.31 bits per heavy atom. The van der Waals surface area contributed by atoms with Crippen molar-refractivity contribution in [1.82, 2.24) is 19.9 Å². The van der Waals surface area contributed by atoms with Gasteiger partial charge in [-0.1, -0.05) is 17.3 Å². The van der Waals surface area contributed by atoms with Crippen molar-refractivity contribution in [3.05, 3.63) is 47.5 Å². The third kappa shape index (κ3) is 3.07. The average Bonchev–Trinajstić information content (AvgIpc) is 3.12. The molecule has 2 aliphatic rings. The second-order valence-corrected chi connectivity index (χ2v) is 7.18. The summed E-state index contributed by atoms with van der Waals surface area (Å²) in [5, 5.41) is 17.0. The molecule has 1 amide bonds. The first-order chi connectivity index (χ1) is 12.5. The molecule has 1 aromatic heterocycles. The van der Waals surface area contributed by atoms with E-state index in [1.54, 1.807) is 23.2 Å². The number of piperidine rings is 1. The zero-order valence-electron chi connectivity index (χ0n) is 14.1. The molecule has 1 aliphatic carbocycles. The summed E-state index contributed by atoms with van der Waals surface area (Å²) in [5.41, 5.74) is 0.877. The fourth-order valence-corrected chi connectivity index (χ4v) is 3.86. The summed E-state index contributed by atoms with van der Waals surface area (Å²) in [5.74, 6) is -1.50. The van der Waals surface area contributed by atoms with Gasteiger partial charge < -0.3 is 10.0 Å². The molecule has 1 N–H and O–H groups in total. The lowest BCUT2D eigenvalue weighted by atomic mass is 9.90. The van der Waals surface area contributed by atoms with Crippen LogP contribution in [0, 0.1) is 17.2 Å². The van der Waals surface area contributed by atoms with Crippen molar-refractivity contribution >= 4 is 11.9 Å². The Kier molecular flexibility index (Phi) is 3.97. The van der Waals surface area contributed by atoms with Gasteiger partial charge in [0.25, 0.3) is 5.91 Å². The molecule has 2 heterocycles. The highest BCUT2D eigenvalue weighted by Gasteiger charge is 2.59. The van der Waals surface area contributed by atoms with E-state index in [1.165, 1.54) is 16.8 Å². The quantitative estimate of drug-likeness (QED) is 0.900. The van der Waals surface area contributed by atoms with Gasteiger partial charge in [0.1, 0.15) is 5.82 Å². The second-order valence-electron chi connectivity index (χ2n) is 7.18. The molecule has 0 bridgehead atoms. The van der Waals surface area contributed by atoms with E-state index in [2.05, 4.69) is 10.3 Å². The smallest absolute Gasteiger partial charge is 0.307 e. The molecule has 1 atom stereocenters. The topological polar surface area (TPSA) is 88.3 Å². The normalized spacial score (nSPS) is 21.0. The molecule has 7 nitrogen and oxygen atoms in total. The number of rotatable bonds is 4. The summed E-state index contributed by atoms with van der Waals surface area (Å²) in [4.78, 5) is 25.4. The van der Waals surface area contributed by atoms with E-state index in [0.29, 0.717) is 38.9 Å². The Balaban J connectivity index is 1.37. The highest BCUT2D eigenvalue weighted by molar-refractivity contribution is 5.92. The van der Waals surface area contributed by atoms with Crippen molar-refractivity contribution in [3.63, 3.8) is 0 Å². The highest BCUT2D eigenvalue weighted by Crippen LogP contribution is 2.59. The largest absolute Gasteiger partial charge is 0.481 e. The number of aliphatic carboxylic acids is 1. The van der Waals surface area contributed by atoms with Crippen LogP contribution in [0.4, 0.5) is 4.39 Å². The van der Waals surface area contributed by atoms with Gasteiger partial charge in [-0.25, -0.2) is 9.07 Å². The molecule has 8 heteroatoms. The van der Waals surface area contributed by atoms with E-state index in [-0.39, 0.29) is 28.8 Å². The van der Waals surface area contributed by atoms with Crippen molar-refractivity contribution in [2.75, 3.05) is 13.1 Å². The van der Waals surface area contributed by atoms with E-state index < -0.39 is 5.97 Å². The van der Waals surface area contributed by atoms with Gasteiger partial charge in [0.2, 0.25) is 0 Å². The summed E-state index contributed by atoms with van der Waals surface area (Å²) in [7, 11) is 0. The van der Waals surface area contributed by atoms with Crippen molar-refractivity contribution in [1.29, 1.82) is 0 Å².